The molecular weight excluding hydrogens is 304 g/mol. The van der Waals surface area contributed by atoms with E-state index in [0.717, 1.165) is 32.1 Å². The molecule has 4 nitrogen and oxygen atoms in total. The molecule has 1 aromatic carbocycles. The maximum absolute atomic E-state index is 12.8. The molecule has 1 saturated carbocycles. The Balaban J connectivity index is 1.80. The average Bonchev–Trinajstić information content (AvgIpc) is 2.87. The largest absolute Gasteiger partial charge is 0.434 e. The van der Waals surface area contributed by atoms with E-state index < -0.39 is 6.61 Å². The Morgan fingerprint density at radius 1 is 1.30 bits per heavy atom. The summed E-state index contributed by atoms with van der Waals surface area (Å²) in [5, 5.41) is 10.3. The molecule has 126 valence electrons. The lowest BCUT2D eigenvalue weighted by Gasteiger charge is -2.42. The van der Waals surface area contributed by atoms with Gasteiger partial charge in [0.2, 0.25) is 0 Å². The number of para-hydroxylation sites is 1. The van der Waals surface area contributed by atoms with Crippen LogP contribution in [-0.2, 0) is 0 Å². The third kappa shape index (κ3) is 3.17. The molecule has 1 heterocycles. The average molecular weight is 325 g/mol. The third-order valence-electron chi connectivity index (χ3n) is 5.09. The molecule has 0 aromatic heterocycles. The molecule has 0 unspecified atom stereocenters. The van der Waals surface area contributed by atoms with Crippen LogP contribution in [0.4, 0.5) is 8.78 Å². The summed E-state index contributed by atoms with van der Waals surface area (Å²) in [6.07, 6.45) is 3.99. The summed E-state index contributed by atoms with van der Waals surface area (Å²) < 4.78 is 29.5. The Kier molecular flexibility index (Phi) is 4.53. The highest BCUT2D eigenvalue weighted by atomic mass is 19.3. The molecule has 2 atom stereocenters. The predicted molar refractivity (Wildman–Crippen MR) is 80.5 cm³/mol. The fraction of sp³-hybridized carbons (Fsp3) is 0.588. The molecule has 23 heavy (non-hydrogen) atoms. The van der Waals surface area contributed by atoms with Crippen LogP contribution in [0.1, 0.15) is 42.5 Å². The number of aliphatic hydroxyl groups is 1. The lowest BCUT2D eigenvalue weighted by Crippen LogP contribution is -2.49. The maximum Gasteiger partial charge on any atom is 0.387 e. The highest BCUT2D eigenvalue weighted by Crippen LogP contribution is 2.45. The zero-order valence-electron chi connectivity index (χ0n) is 12.9. The molecule has 3 rings (SSSR count). The third-order valence-corrected chi connectivity index (χ3v) is 5.09. The molecule has 1 spiro atoms. The first kappa shape index (κ1) is 16.2. The summed E-state index contributed by atoms with van der Waals surface area (Å²) in [5.74, 6) is -0.404. The van der Waals surface area contributed by atoms with Crippen molar-refractivity contribution in [3.05, 3.63) is 29.8 Å². The molecule has 6 heteroatoms. The second-order valence-electron chi connectivity index (χ2n) is 6.48. The number of hydrogen-bond acceptors (Lipinski definition) is 3. The van der Waals surface area contributed by atoms with Crippen LogP contribution < -0.4 is 4.74 Å². The van der Waals surface area contributed by atoms with E-state index in [0.29, 0.717) is 13.1 Å². The number of halogens is 2. The van der Waals surface area contributed by atoms with E-state index in [1.807, 2.05) is 0 Å². The van der Waals surface area contributed by atoms with Crippen LogP contribution >= 0.6 is 0 Å². The van der Waals surface area contributed by atoms with E-state index in [-0.39, 0.29) is 28.7 Å². The molecule has 2 fully saturated rings. The molecule has 1 aromatic rings. The molecule has 0 bridgehead atoms. The number of carbonyl (C=O) groups excluding carboxylic acids is 1. The van der Waals surface area contributed by atoms with Crippen molar-refractivity contribution in [3.63, 3.8) is 0 Å². The number of hydrogen-bond donors (Lipinski definition) is 1. The summed E-state index contributed by atoms with van der Waals surface area (Å²) >= 11 is 0. The quantitative estimate of drug-likeness (QED) is 0.929. The lowest BCUT2D eigenvalue weighted by molar-refractivity contribution is -0.0504. The number of alkyl halides is 2. The number of piperidine rings is 1. The molecule has 1 aliphatic heterocycles. The summed E-state index contributed by atoms with van der Waals surface area (Å²) in [6.45, 7) is -1.90. The van der Waals surface area contributed by atoms with Gasteiger partial charge in [-0.15, -0.1) is 0 Å². The number of amides is 1. The van der Waals surface area contributed by atoms with Gasteiger partial charge in [0, 0.05) is 18.5 Å². The minimum absolute atomic E-state index is 0.0981. The van der Waals surface area contributed by atoms with Gasteiger partial charge in [0.15, 0.2) is 0 Å². The van der Waals surface area contributed by atoms with Crippen molar-refractivity contribution in [3.8, 4) is 5.75 Å². The van der Waals surface area contributed by atoms with Crippen LogP contribution in [0.2, 0.25) is 0 Å². The van der Waals surface area contributed by atoms with Crippen LogP contribution in [0.5, 0.6) is 5.75 Å². The van der Waals surface area contributed by atoms with Gasteiger partial charge < -0.3 is 14.7 Å². The van der Waals surface area contributed by atoms with Crippen LogP contribution in [-0.4, -0.2) is 41.7 Å². The summed E-state index contributed by atoms with van der Waals surface area (Å²) in [4.78, 5) is 14.4. The van der Waals surface area contributed by atoms with E-state index in [1.165, 1.54) is 12.1 Å². The smallest absolute Gasteiger partial charge is 0.387 e. The van der Waals surface area contributed by atoms with Gasteiger partial charge in [-0.2, -0.15) is 8.78 Å². The van der Waals surface area contributed by atoms with Crippen LogP contribution in [0.25, 0.3) is 0 Å². The topological polar surface area (TPSA) is 49.8 Å². The van der Waals surface area contributed by atoms with Crippen molar-refractivity contribution in [1.82, 2.24) is 4.90 Å². The highest BCUT2D eigenvalue weighted by Gasteiger charge is 2.45. The van der Waals surface area contributed by atoms with E-state index in [9.17, 15) is 18.7 Å². The standard InChI is InChI=1S/C17H21F2NO3/c18-16(19)23-13-6-2-1-5-12(13)15(22)20-10-4-9-17(11-20)8-3-7-14(17)21/h1-2,5-6,14,16,21H,3-4,7-11H2/t14-,17-/m1/s1. The van der Waals surface area contributed by atoms with Gasteiger partial charge in [-0.1, -0.05) is 18.6 Å². The van der Waals surface area contributed by atoms with Gasteiger partial charge in [-0.25, -0.2) is 0 Å². The van der Waals surface area contributed by atoms with Crippen molar-refractivity contribution >= 4 is 5.91 Å². The zero-order valence-corrected chi connectivity index (χ0v) is 12.9. The normalized spacial score (nSPS) is 27.7. The predicted octanol–water partition coefficient (Wildman–Crippen LogP) is 3.06. The number of rotatable bonds is 3. The minimum Gasteiger partial charge on any atom is -0.434 e. The lowest BCUT2D eigenvalue weighted by atomic mass is 9.76. The Bertz CT molecular complexity index is 581. The number of aliphatic hydroxyl groups excluding tert-OH is 1. The van der Waals surface area contributed by atoms with Crippen molar-refractivity contribution in [2.45, 2.75) is 44.8 Å². The first-order chi connectivity index (χ1) is 11.0. The second-order valence-corrected chi connectivity index (χ2v) is 6.48. The number of carbonyl (C=O) groups is 1. The van der Waals surface area contributed by atoms with Crippen molar-refractivity contribution < 1.29 is 23.4 Å². The molecule has 1 saturated heterocycles. The number of likely N-dealkylation sites (tertiary alicyclic amines) is 1. The molecule has 0 radical (unpaired) electrons. The highest BCUT2D eigenvalue weighted by molar-refractivity contribution is 5.97. The molecular formula is C17H21F2NO3. The summed E-state index contributed by atoms with van der Waals surface area (Å²) in [6, 6.07) is 6.08. The van der Waals surface area contributed by atoms with Crippen molar-refractivity contribution in [2.75, 3.05) is 13.1 Å². The zero-order chi connectivity index (χ0) is 16.4. The second kappa shape index (κ2) is 6.43. The first-order valence-electron chi connectivity index (χ1n) is 8.03. The van der Waals surface area contributed by atoms with Gasteiger partial charge in [0.1, 0.15) is 5.75 Å². The molecule has 1 aliphatic carbocycles. The number of benzene rings is 1. The SMILES string of the molecule is O=C(c1ccccc1OC(F)F)N1CCC[C@]2(CCC[C@H]2O)C1. The van der Waals surface area contributed by atoms with Gasteiger partial charge in [0.05, 0.1) is 11.7 Å². The maximum atomic E-state index is 12.8. The Morgan fingerprint density at radius 3 is 2.74 bits per heavy atom. The number of ether oxygens (including phenoxy) is 1. The summed E-state index contributed by atoms with van der Waals surface area (Å²) in [5.41, 5.74) is -0.0794. The number of nitrogens with zero attached hydrogens (tertiary/aromatic N) is 1. The minimum atomic E-state index is -2.96. The monoisotopic (exact) mass is 325 g/mol. The molecule has 2 aliphatic rings. The Morgan fingerprint density at radius 2 is 2.04 bits per heavy atom. The molecule has 1 amide bonds. The van der Waals surface area contributed by atoms with Gasteiger partial charge in [-0.05, 0) is 37.8 Å². The molecule has 1 N–H and O–H groups in total. The van der Waals surface area contributed by atoms with Crippen molar-refractivity contribution in [1.29, 1.82) is 0 Å². The van der Waals surface area contributed by atoms with Gasteiger partial charge >= 0.3 is 6.61 Å². The fourth-order valence-electron chi connectivity index (χ4n) is 3.94. The first-order valence-corrected chi connectivity index (χ1v) is 8.03. The Labute approximate surface area is 134 Å². The van der Waals surface area contributed by atoms with Crippen LogP contribution in [0.3, 0.4) is 0 Å². The van der Waals surface area contributed by atoms with E-state index in [4.69, 9.17) is 0 Å². The van der Waals surface area contributed by atoms with E-state index in [2.05, 4.69) is 4.74 Å². The van der Waals surface area contributed by atoms with Gasteiger partial charge in [0.25, 0.3) is 5.91 Å². The van der Waals surface area contributed by atoms with Crippen LogP contribution in [0, 0.1) is 5.41 Å². The Hall–Kier alpha value is -1.69. The van der Waals surface area contributed by atoms with Crippen molar-refractivity contribution in [2.24, 2.45) is 5.41 Å². The van der Waals surface area contributed by atoms with E-state index >= 15 is 0 Å². The summed E-state index contributed by atoms with van der Waals surface area (Å²) in [7, 11) is 0. The van der Waals surface area contributed by atoms with E-state index in [1.54, 1.807) is 17.0 Å². The van der Waals surface area contributed by atoms with Crippen LogP contribution in [0.15, 0.2) is 24.3 Å². The van der Waals surface area contributed by atoms with Gasteiger partial charge in [-0.3, -0.25) is 4.79 Å². The fourth-order valence-corrected chi connectivity index (χ4v) is 3.94.